The highest BCUT2D eigenvalue weighted by Gasteiger charge is 2.20. The molecule has 2 N–H and O–H groups in total. The monoisotopic (exact) mass is 290 g/mol. The first-order chi connectivity index (χ1) is 10.2. The van der Waals surface area contributed by atoms with Gasteiger partial charge in [-0.25, -0.2) is 0 Å². The normalized spacial score (nSPS) is 19.4. The fourth-order valence-corrected chi connectivity index (χ4v) is 2.67. The molecule has 1 aromatic carbocycles. The van der Waals surface area contributed by atoms with Crippen LogP contribution in [0.5, 0.6) is 0 Å². The second-order valence-corrected chi connectivity index (χ2v) is 5.65. The first-order valence-electron chi connectivity index (χ1n) is 7.94. The number of ether oxygens (including phenoxy) is 1. The minimum atomic E-state index is 0.0389. The average molecular weight is 290 g/mol. The number of carbonyl (C=O) groups excluding carboxylic acids is 1. The quantitative estimate of drug-likeness (QED) is 0.810. The van der Waals surface area contributed by atoms with Gasteiger partial charge in [0.25, 0.3) is 0 Å². The van der Waals surface area contributed by atoms with Gasteiger partial charge in [-0.1, -0.05) is 25.1 Å². The number of anilines is 1. The van der Waals surface area contributed by atoms with Crippen molar-refractivity contribution in [2.75, 3.05) is 18.5 Å². The molecule has 2 rings (SSSR count). The lowest BCUT2D eigenvalue weighted by atomic mass is 10.1. The highest BCUT2D eigenvalue weighted by molar-refractivity contribution is 5.91. The number of benzene rings is 1. The number of hydrogen-bond acceptors (Lipinski definition) is 3. The van der Waals surface area contributed by atoms with Crippen LogP contribution in [0.3, 0.4) is 0 Å². The molecule has 1 fully saturated rings. The molecule has 0 aliphatic carbocycles. The summed E-state index contributed by atoms with van der Waals surface area (Å²) >= 11 is 0. The number of para-hydroxylation sites is 1. The molecule has 0 aromatic heterocycles. The Morgan fingerprint density at radius 2 is 2.24 bits per heavy atom. The van der Waals surface area contributed by atoms with Crippen molar-refractivity contribution < 1.29 is 9.53 Å². The zero-order valence-corrected chi connectivity index (χ0v) is 13.0. The van der Waals surface area contributed by atoms with Crippen molar-refractivity contribution in [1.82, 2.24) is 5.32 Å². The fourth-order valence-electron chi connectivity index (χ4n) is 2.67. The largest absolute Gasteiger partial charge is 0.378 e. The third-order valence-corrected chi connectivity index (χ3v) is 3.84. The lowest BCUT2D eigenvalue weighted by molar-refractivity contribution is -0.118. The molecule has 4 heteroatoms. The van der Waals surface area contributed by atoms with Crippen LogP contribution in [-0.4, -0.2) is 25.2 Å². The minimum absolute atomic E-state index is 0.0389. The van der Waals surface area contributed by atoms with Gasteiger partial charge in [-0.3, -0.25) is 4.79 Å². The van der Waals surface area contributed by atoms with E-state index in [-0.39, 0.29) is 18.1 Å². The van der Waals surface area contributed by atoms with Crippen LogP contribution in [0.1, 0.15) is 51.1 Å². The SMILES string of the molecule is CCCNC(C)c1ccccc1NC(=O)CC1CCCO1. The summed E-state index contributed by atoms with van der Waals surface area (Å²) in [4.78, 5) is 12.1. The summed E-state index contributed by atoms with van der Waals surface area (Å²) in [5, 5.41) is 6.50. The van der Waals surface area contributed by atoms with Crippen molar-refractivity contribution in [3.63, 3.8) is 0 Å². The number of nitrogens with one attached hydrogen (secondary N) is 2. The molecule has 1 aromatic rings. The standard InChI is InChI=1S/C17H26N2O2/c1-3-10-18-13(2)15-8-4-5-9-16(15)19-17(20)12-14-7-6-11-21-14/h4-5,8-9,13-14,18H,3,6-7,10-12H2,1-2H3,(H,19,20). The number of carbonyl (C=O) groups is 1. The molecule has 0 bridgehead atoms. The highest BCUT2D eigenvalue weighted by Crippen LogP contribution is 2.23. The molecule has 0 spiro atoms. The van der Waals surface area contributed by atoms with Crippen LogP contribution in [0.2, 0.25) is 0 Å². The Bertz CT molecular complexity index is 456. The second-order valence-electron chi connectivity index (χ2n) is 5.65. The van der Waals surface area contributed by atoms with Gasteiger partial charge in [0.15, 0.2) is 0 Å². The van der Waals surface area contributed by atoms with Crippen LogP contribution in [0, 0.1) is 0 Å². The molecule has 116 valence electrons. The summed E-state index contributed by atoms with van der Waals surface area (Å²) in [6.07, 6.45) is 3.69. The van der Waals surface area contributed by atoms with Gasteiger partial charge in [0.2, 0.25) is 5.91 Å². The Hall–Kier alpha value is -1.39. The Labute approximate surface area is 127 Å². The highest BCUT2D eigenvalue weighted by atomic mass is 16.5. The first kappa shape index (κ1) is 16.0. The predicted octanol–water partition coefficient (Wildman–Crippen LogP) is 3.25. The third-order valence-electron chi connectivity index (χ3n) is 3.84. The maximum Gasteiger partial charge on any atom is 0.226 e. The second kappa shape index (κ2) is 8.15. The molecule has 0 radical (unpaired) electrons. The van der Waals surface area contributed by atoms with Gasteiger partial charge >= 0.3 is 0 Å². The van der Waals surface area contributed by atoms with Crippen molar-refractivity contribution in [3.05, 3.63) is 29.8 Å². The van der Waals surface area contributed by atoms with Crippen molar-refractivity contribution >= 4 is 11.6 Å². The number of amides is 1. The molecule has 1 heterocycles. The summed E-state index contributed by atoms with van der Waals surface area (Å²) in [6.45, 7) is 6.03. The van der Waals surface area contributed by atoms with E-state index in [1.54, 1.807) is 0 Å². The number of hydrogen-bond donors (Lipinski definition) is 2. The van der Waals surface area contributed by atoms with E-state index in [1.807, 2.05) is 18.2 Å². The molecular formula is C17H26N2O2. The van der Waals surface area contributed by atoms with Gasteiger partial charge in [0.1, 0.15) is 0 Å². The summed E-state index contributed by atoms with van der Waals surface area (Å²) < 4.78 is 5.52. The maximum absolute atomic E-state index is 12.1. The third kappa shape index (κ3) is 4.83. The molecule has 0 saturated carbocycles. The van der Waals surface area contributed by atoms with Crippen LogP contribution >= 0.6 is 0 Å². The number of rotatable bonds is 7. The van der Waals surface area contributed by atoms with Crippen molar-refractivity contribution in [3.8, 4) is 0 Å². The van der Waals surface area contributed by atoms with E-state index in [2.05, 4.69) is 30.5 Å². The predicted molar refractivity (Wildman–Crippen MR) is 85.4 cm³/mol. The van der Waals surface area contributed by atoms with Gasteiger partial charge in [-0.05, 0) is 44.4 Å². The van der Waals surface area contributed by atoms with E-state index >= 15 is 0 Å². The summed E-state index contributed by atoms with van der Waals surface area (Å²) in [5.74, 6) is 0.0389. The van der Waals surface area contributed by atoms with Crippen molar-refractivity contribution in [2.24, 2.45) is 0 Å². The molecule has 4 nitrogen and oxygen atoms in total. The lowest BCUT2D eigenvalue weighted by Gasteiger charge is -2.18. The Morgan fingerprint density at radius 3 is 2.95 bits per heavy atom. The van der Waals surface area contributed by atoms with E-state index in [0.29, 0.717) is 6.42 Å². The summed E-state index contributed by atoms with van der Waals surface area (Å²) in [5.41, 5.74) is 2.03. The van der Waals surface area contributed by atoms with Crippen LogP contribution in [0.4, 0.5) is 5.69 Å². The molecule has 1 aliphatic heterocycles. The Morgan fingerprint density at radius 1 is 1.43 bits per heavy atom. The van der Waals surface area contributed by atoms with Gasteiger partial charge in [0, 0.05) is 18.3 Å². The Balaban J connectivity index is 1.96. The molecule has 2 unspecified atom stereocenters. The topological polar surface area (TPSA) is 50.4 Å². The Kier molecular flexibility index (Phi) is 6.21. The lowest BCUT2D eigenvalue weighted by Crippen LogP contribution is -2.23. The van der Waals surface area contributed by atoms with Crippen molar-refractivity contribution in [1.29, 1.82) is 0 Å². The van der Waals surface area contributed by atoms with E-state index in [4.69, 9.17) is 4.74 Å². The van der Waals surface area contributed by atoms with Gasteiger partial charge < -0.3 is 15.4 Å². The minimum Gasteiger partial charge on any atom is -0.378 e. The molecule has 1 saturated heterocycles. The van der Waals surface area contributed by atoms with E-state index in [0.717, 1.165) is 43.7 Å². The van der Waals surface area contributed by atoms with Crippen LogP contribution in [0.25, 0.3) is 0 Å². The maximum atomic E-state index is 12.1. The smallest absolute Gasteiger partial charge is 0.226 e. The molecular weight excluding hydrogens is 264 g/mol. The van der Waals surface area contributed by atoms with Crippen LogP contribution < -0.4 is 10.6 Å². The van der Waals surface area contributed by atoms with E-state index in [1.165, 1.54) is 0 Å². The van der Waals surface area contributed by atoms with Crippen LogP contribution in [0.15, 0.2) is 24.3 Å². The zero-order chi connectivity index (χ0) is 15.1. The molecule has 1 amide bonds. The van der Waals surface area contributed by atoms with Crippen molar-refractivity contribution in [2.45, 2.75) is 51.7 Å². The first-order valence-corrected chi connectivity index (χ1v) is 7.94. The van der Waals surface area contributed by atoms with Gasteiger partial charge in [0.05, 0.1) is 12.5 Å². The van der Waals surface area contributed by atoms with Gasteiger partial charge in [-0.15, -0.1) is 0 Å². The van der Waals surface area contributed by atoms with E-state index in [9.17, 15) is 4.79 Å². The summed E-state index contributed by atoms with van der Waals surface area (Å²) in [7, 11) is 0. The molecule has 21 heavy (non-hydrogen) atoms. The van der Waals surface area contributed by atoms with E-state index < -0.39 is 0 Å². The fraction of sp³-hybridized carbons (Fsp3) is 0.588. The zero-order valence-electron chi connectivity index (χ0n) is 13.0. The van der Waals surface area contributed by atoms with Gasteiger partial charge in [-0.2, -0.15) is 0 Å². The molecule has 2 atom stereocenters. The molecule has 1 aliphatic rings. The van der Waals surface area contributed by atoms with Crippen LogP contribution in [-0.2, 0) is 9.53 Å². The average Bonchev–Trinajstić information content (AvgIpc) is 2.98. The summed E-state index contributed by atoms with van der Waals surface area (Å²) in [6, 6.07) is 8.22.